The van der Waals surface area contributed by atoms with Gasteiger partial charge in [0.2, 0.25) is 5.82 Å². The minimum absolute atomic E-state index is 0.152. The van der Waals surface area contributed by atoms with Gasteiger partial charge in [-0.1, -0.05) is 0 Å². The van der Waals surface area contributed by atoms with Crippen molar-refractivity contribution in [2.45, 2.75) is 32.5 Å². The van der Waals surface area contributed by atoms with Crippen LogP contribution >= 0.6 is 11.3 Å². The first-order chi connectivity index (χ1) is 15.2. The minimum Gasteiger partial charge on any atom is -0.493 e. The Morgan fingerprint density at radius 3 is 2.50 bits per heavy atom. The summed E-state index contributed by atoms with van der Waals surface area (Å²) in [5, 5.41) is 2.91. The second-order valence-corrected chi connectivity index (χ2v) is 8.69. The maximum atomic E-state index is 15.2. The Balaban J connectivity index is 1.55. The molecule has 4 rings (SSSR count). The summed E-state index contributed by atoms with van der Waals surface area (Å²) in [6, 6.07) is 2.84. The third kappa shape index (κ3) is 5.21. The van der Waals surface area contributed by atoms with Gasteiger partial charge in [0.05, 0.1) is 17.7 Å². The normalized spacial score (nSPS) is 13.8. The lowest BCUT2D eigenvalue weighted by Gasteiger charge is -2.12. The molecule has 1 aliphatic carbocycles. The summed E-state index contributed by atoms with van der Waals surface area (Å²) in [7, 11) is 0. The predicted octanol–water partition coefficient (Wildman–Crippen LogP) is 4.79. The van der Waals surface area contributed by atoms with E-state index in [1.54, 1.807) is 6.20 Å². The van der Waals surface area contributed by atoms with Crippen LogP contribution in [0, 0.1) is 18.7 Å². The van der Waals surface area contributed by atoms with Crippen molar-refractivity contribution in [3.63, 3.8) is 0 Å². The van der Waals surface area contributed by atoms with Crippen molar-refractivity contribution in [3.8, 4) is 16.3 Å². The molecule has 1 amide bonds. The van der Waals surface area contributed by atoms with Gasteiger partial charge >= 0.3 is 6.18 Å². The minimum atomic E-state index is -4.66. The number of amides is 1. The Kier molecular flexibility index (Phi) is 6.09. The molecule has 0 aliphatic heterocycles. The lowest BCUT2D eigenvalue weighted by atomic mass is 10.1. The van der Waals surface area contributed by atoms with Crippen LogP contribution in [-0.2, 0) is 12.7 Å². The molecule has 1 saturated carbocycles. The SMILES string of the molecule is Cc1cnc(-c2cc(OCC3CC3)cc(C(=O)NCc3cnc(C(F)(F)F)nc3)c2F)s1. The van der Waals surface area contributed by atoms with Crippen LogP contribution in [0.5, 0.6) is 5.75 Å². The second-order valence-electron chi connectivity index (χ2n) is 7.46. The van der Waals surface area contributed by atoms with Gasteiger partial charge in [-0.15, -0.1) is 11.3 Å². The molecule has 32 heavy (non-hydrogen) atoms. The third-order valence-corrected chi connectivity index (χ3v) is 5.68. The number of thiazole rings is 1. The molecular weight excluding hydrogens is 448 g/mol. The largest absolute Gasteiger partial charge is 0.493 e. The van der Waals surface area contributed by atoms with E-state index in [2.05, 4.69) is 20.3 Å². The van der Waals surface area contributed by atoms with Crippen LogP contribution in [0.3, 0.4) is 0 Å². The zero-order chi connectivity index (χ0) is 22.9. The van der Waals surface area contributed by atoms with Crippen molar-refractivity contribution < 1.29 is 27.1 Å². The van der Waals surface area contributed by atoms with Crippen LogP contribution in [0.1, 0.15) is 39.5 Å². The molecule has 1 aromatic carbocycles. The van der Waals surface area contributed by atoms with Crippen molar-refractivity contribution in [2.75, 3.05) is 6.61 Å². The Bertz CT molecular complexity index is 1130. The fraction of sp³-hybridized carbons (Fsp3) is 0.333. The smallest absolute Gasteiger partial charge is 0.451 e. The lowest BCUT2D eigenvalue weighted by Crippen LogP contribution is -2.24. The van der Waals surface area contributed by atoms with Crippen molar-refractivity contribution in [2.24, 2.45) is 5.92 Å². The van der Waals surface area contributed by atoms with E-state index in [0.29, 0.717) is 23.3 Å². The third-order valence-electron chi connectivity index (χ3n) is 4.74. The Hall–Kier alpha value is -3.08. The molecule has 2 aromatic heterocycles. The predicted molar refractivity (Wildman–Crippen MR) is 109 cm³/mol. The number of alkyl halides is 3. The lowest BCUT2D eigenvalue weighted by molar-refractivity contribution is -0.145. The number of nitrogens with zero attached hydrogens (tertiary/aromatic N) is 3. The Labute approximate surface area is 184 Å². The van der Waals surface area contributed by atoms with E-state index in [9.17, 15) is 18.0 Å². The number of aromatic nitrogens is 3. The molecule has 1 N–H and O–H groups in total. The van der Waals surface area contributed by atoms with Crippen LogP contribution in [0.25, 0.3) is 10.6 Å². The number of halogens is 4. The van der Waals surface area contributed by atoms with E-state index in [4.69, 9.17) is 4.74 Å². The van der Waals surface area contributed by atoms with E-state index in [1.807, 2.05) is 6.92 Å². The number of carbonyl (C=O) groups excluding carboxylic acids is 1. The molecule has 0 atom stereocenters. The highest BCUT2D eigenvalue weighted by Crippen LogP contribution is 2.34. The summed E-state index contributed by atoms with van der Waals surface area (Å²) < 4.78 is 58.7. The van der Waals surface area contributed by atoms with E-state index >= 15 is 4.39 Å². The summed E-state index contributed by atoms with van der Waals surface area (Å²) in [4.78, 5) is 24.3. The molecule has 0 bridgehead atoms. The molecule has 1 fully saturated rings. The topological polar surface area (TPSA) is 77.0 Å². The molecule has 6 nitrogen and oxygen atoms in total. The Morgan fingerprint density at radius 2 is 1.91 bits per heavy atom. The van der Waals surface area contributed by atoms with Crippen LogP contribution in [0.15, 0.2) is 30.7 Å². The maximum Gasteiger partial charge on any atom is 0.451 e. The fourth-order valence-corrected chi connectivity index (χ4v) is 3.62. The van der Waals surface area contributed by atoms with Crippen LogP contribution < -0.4 is 10.1 Å². The van der Waals surface area contributed by atoms with E-state index in [-0.39, 0.29) is 23.2 Å². The van der Waals surface area contributed by atoms with Crippen molar-refractivity contribution in [3.05, 3.63) is 58.4 Å². The standard InChI is InChI=1S/C21H18F4N4O2S/c1-11-6-27-19(32-11)16-5-14(31-10-12-2-3-12)4-15(17(16)22)18(30)26-7-13-8-28-20(29-9-13)21(23,24)25/h4-6,8-9,12H,2-3,7,10H2,1H3,(H,26,30). The first-order valence-electron chi connectivity index (χ1n) is 9.76. The first kappa shape index (κ1) is 22.1. The summed E-state index contributed by atoms with van der Waals surface area (Å²) in [5.41, 5.74) is 0.150. The number of carbonyl (C=O) groups is 1. The van der Waals surface area contributed by atoms with Crippen molar-refractivity contribution in [1.82, 2.24) is 20.3 Å². The van der Waals surface area contributed by atoms with Gasteiger partial charge in [-0.25, -0.2) is 19.3 Å². The molecule has 0 spiro atoms. The van der Waals surface area contributed by atoms with Gasteiger partial charge in [0.25, 0.3) is 5.91 Å². The van der Waals surface area contributed by atoms with E-state index in [0.717, 1.165) is 30.1 Å². The number of benzene rings is 1. The van der Waals surface area contributed by atoms with Gasteiger partial charge in [-0.05, 0) is 37.8 Å². The first-order valence-corrected chi connectivity index (χ1v) is 10.6. The molecule has 0 radical (unpaired) electrons. The maximum absolute atomic E-state index is 15.2. The number of rotatable bonds is 7. The van der Waals surface area contributed by atoms with E-state index < -0.39 is 23.7 Å². The zero-order valence-electron chi connectivity index (χ0n) is 16.9. The second kappa shape index (κ2) is 8.81. The van der Waals surface area contributed by atoms with Gasteiger partial charge < -0.3 is 10.1 Å². The molecule has 2 heterocycles. The van der Waals surface area contributed by atoms with Crippen molar-refractivity contribution in [1.29, 1.82) is 0 Å². The average Bonchev–Trinajstić information content (AvgIpc) is 3.49. The molecule has 168 valence electrons. The Morgan fingerprint density at radius 1 is 1.19 bits per heavy atom. The van der Waals surface area contributed by atoms with E-state index in [1.165, 1.54) is 23.5 Å². The number of hydrogen-bond donors (Lipinski definition) is 1. The van der Waals surface area contributed by atoms with Gasteiger partial charge in [0.15, 0.2) is 0 Å². The zero-order valence-corrected chi connectivity index (χ0v) is 17.7. The number of hydrogen-bond acceptors (Lipinski definition) is 6. The number of aryl methyl sites for hydroxylation is 1. The van der Waals surface area contributed by atoms with Gasteiger partial charge in [-0.2, -0.15) is 13.2 Å². The summed E-state index contributed by atoms with van der Waals surface area (Å²) in [6.07, 6.45) is 1.03. The highest BCUT2D eigenvalue weighted by Gasteiger charge is 2.34. The van der Waals surface area contributed by atoms with Gasteiger partial charge in [-0.3, -0.25) is 4.79 Å². The molecular formula is C21H18F4N4O2S. The highest BCUT2D eigenvalue weighted by molar-refractivity contribution is 7.14. The molecule has 0 saturated heterocycles. The summed E-state index contributed by atoms with van der Waals surface area (Å²) >= 11 is 1.29. The number of nitrogens with one attached hydrogen (secondary N) is 1. The van der Waals surface area contributed by atoms with Gasteiger partial charge in [0, 0.05) is 35.6 Å². The van der Waals surface area contributed by atoms with Gasteiger partial charge in [0.1, 0.15) is 16.6 Å². The number of ether oxygens (including phenoxy) is 1. The molecule has 1 aliphatic rings. The fourth-order valence-electron chi connectivity index (χ4n) is 2.85. The summed E-state index contributed by atoms with van der Waals surface area (Å²) in [6.45, 7) is 2.15. The van der Waals surface area contributed by atoms with Crippen LogP contribution in [0.2, 0.25) is 0 Å². The molecule has 11 heteroatoms. The van der Waals surface area contributed by atoms with Crippen LogP contribution in [-0.4, -0.2) is 27.5 Å². The summed E-state index contributed by atoms with van der Waals surface area (Å²) in [5.74, 6) is -1.96. The molecule has 3 aromatic rings. The highest BCUT2D eigenvalue weighted by atomic mass is 32.1. The monoisotopic (exact) mass is 466 g/mol. The quantitative estimate of drug-likeness (QED) is 0.507. The average molecular weight is 466 g/mol. The van der Waals surface area contributed by atoms with Crippen molar-refractivity contribution >= 4 is 17.2 Å². The van der Waals surface area contributed by atoms with Crippen LogP contribution in [0.4, 0.5) is 17.6 Å². The molecule has 0 unspecified atom stereocenters.